The SMILES string of the molecule is C=C(C)C1C(C)C1C. The van der Waals surface area contributed by atoms with Crippen LogP contribution >= 0.6 is 0 Å². The highest BCUT2D eigenvalue weighted by Gasteiger charge is 2.42. The summed E-state index contributed by atoms with van der Waals surface area (Å²) in [5, 5.41) is 0. The molecule has 1 aliphatic carbocycles. The zero-order chi connectivity index (χ0) is 6.31. The summed E-state index contributed by atoms with van der Waals surface area (Å²) in [5.41, 5.74) is 1.37. The van der Waals surface area contributed by atoms with Crippen LogP contribution in [-0.2, 0) is 0 Å². The van der Waals surface area contributed by atoms with Gasteiger partial charge < -0.3 is 0 Å². The minimum atomic E-state index is 0.843. The third kappa shape index (κ3) is 0.683. The quantitative estimate of drug-likeness (QED) is 0.455. The van der Waals surface area contributed by atoms with Crippen molar-refractivity contribution in [2.45, 2.75) is 20.8 Å². The van der Waals surface area contributed by atoms with Crippen LogP contribution in [0.4, 0.5) is 0 Å². The molecule has 0 bridgehead atoms. The van der Waals surface area contributed by atoms with Gasteiger partial charge in [0.05, 0.1) is 0 Å². The molecule has 1 fully saturated rings. The molecule has 0 N–H and O–H groups in total. The van der Waals surface area contributed by atoms with Crippen LogP contribution in [0.1, 0.15) is 20.8 Å². The summed E-state index contributed by atoms with van der Waals surface area (Å²) in [6.45, 7) is 10.6. The maximum absolute atomic E-state index is 3.92. The molecule has 2 atom stereocenters. The molecule has 1 rings (SSSR count). The van der Waals surface area contributed by atoms with Crippen molar-refractivity contribution in [1.29, 1.82) is 0 Å². The maximum atomic E-state index is 3.92. The molecule has 0 aromatic carbocycles. The molecular weight excluding hydrogens is 96.1 g/mol. The number of rotatable bonds is 1. The first-order valence-electron chi connectivity index (χ1n) is 3.30. The molecule has 1 aliphatic rings. The van der Waals surface area contributed by atoms with Crippen LogP contribution in [0.15, 0.2) is 12.2 Å². The summed E-state index contributed by atoms with van der Waals surface area (Å²) < 4.78 is 0. The highest BCUT2D eigenvalue weighted by molar-refractivity contribution is 5.11. The Morgan fingerprint density at radius 2 is 1.62 bits per heavy atom. The van der Waals surface area contributed by atoms with Crippen LogP contribution in [-0.4, -0.2) is 0 Å². The fourth-order valence-corrected chi connectivity index (χ4v) is 1.56. The van der Waals surface area contributed by atoms with Gasteiger partial charge in [-0.2, -0.15) is 0 Å². The fourth-order valence-electron chi connectivity index (χ4n) is 1.56. The summed E-state index contributed by atoms with van der Waals surface area (Å²) in [6.07, 6.45) is 0. The van der Waals surface area contributed by atoms with E-state index in [-0.39, 0.29) is 0 Å². The largest absolute Gasteiger partial charge is 0.0998 e. The molecule has 0 aliphatic heterocycles. The lowest BCUT2D eigenvalue weighted by atomic mass is 10.2. The van der Waals surface area contributed by atoms with E-state index in [1.807, 2.05) is 0 Å². The van der Waals surface area contributed by atoms with E-state index in [1.165, 1.54) is 5.57 Å². The lowest BCUT2D eigenvalue weighted by molar-refractivity contribution is 0.834. The van der Waals surface area contributed by atoms with Crippen LogP contribution in [0.3, 0.4) is 0 Å². The summed E-state index contributed by atoms with van der Waals surface area (Å²) in [4.78, 5) is 0. The molecule has 0 nitrogen and oxygen atoms in total. The van der Waals surface area contributed by atoms with Gasteiger partial charge in [-0.25, -0.2) is 0 Å². The average molecular weight is 110 g/mol. The van der Waals surface area contributed by atoms with Crippen molar-refractivity contribution in [2.75, 3.05) is 0 Å². The Hall–Kier alpha value is -0.260. The second kappa shape index (κ2) is 1.61. The Balaban J connectivity index is 2.44. The van der Waals surface area contributed by atoms with E-state index in [0.29, 0.717) is 0 Å². The lowest BCUT2D eigenvalue weighted by Gasteiger charge is -1.89. The van der Waals surface area contributed by atoms with Crippen molar-refractivity contribution < 1.29 is 0 Å². The van der Waals surface area contributed by atoms with Crippen molar-refractivity contribution in [3.8, 4) is 0 Å². The third-order valence-electron chi connectivity index (χ3n) is 2.39. The Morgan fingerprint density at radius 3 is 1.62 bits per heavy atom. The van der Waals surface area contributed by atoms with Gasteiger partial charge in [-0.3, -0.25) is 0 Å². The van der Waals surface area contributed by atoms with Gasteiger partial charge in [0, 0.05) is 0 Å². The lowest BCUT2D eigenvalue weighted by Crippen LogP contribution is -1.77. The number of hydrogen-bond donors (Lipinski definition) is 0. The maximum Gasteiger partial charge on any atom is -0.0152 e. The molecule has 0 spiro atoms. The minimum Gasteiger partial charge on any atom is -0.0998 e. The molecule has 8 heavy (non-hydrogen) atoms. The zero-order valence-corrected chi connectivity index (χ0v) is 5.94. The van der Waals surface area contributed by atoms with E-state index < -0.39 is 0 Å². The van der Waals surface area contributed by atoms with E-state index in [0.717, 1.165) is 17.8 Å². The van der Waals surface area contributed by atoms with Crippen molar-refractivity contribution in [2.24, 2.45) is 17.8 Å². The molecule has 0 amide bonds. The first kappa shape index (κ1) is 5.87. The number of hydrogen-bond acceptors (Lipinski definition) is 0. The van der Waals surface area contributed by atoms with Crippen LogP contribution in [0.2, 0.25) is 0 Å². The Kier molecular flexibility index (Phi) is 1.18. The van der Waals surface area contributed by atoms with Crippen molar-refractivity contribution in [1.82, 2.24) is 0 Å². The monoisotopic (exact) mass is 110 g/mol. The molecule has 0 heteroatoms. The third-order valence-corrected chi connectivity index (χ3v) is 2.39. The summed E-state index contributed by atoms with van der Waals surface area (Å²) in [7, 11) is 0. The molecule has 0 saturated heterocycles. The van der Waals surface area contributed by atoms with Crippen LogP contribution < -0.4 is 0 Å². The molecule has 0 heterocycles. The van der Waals surface area contributed by atoms with Gasteiger partial charge in [0.1, 0.15) is 0 Å². The Morgan fingerprint density at radius 1 is 1.25 bits per heavy atom. The highest BCUT2D eigenvalue weighted by atomic mass is 14.5. The smallest absolute Gasteiger partial charge is 0.0152 e. The second-order valence-corrected chi connectivity index (χ2v) is 3.09. The van der Waals surface area contributed by atoms with E-state index in [9.17, 15) is 0 Å². The average Bonchev–Trinajstić information content (AvgIpc) is 2.15. The van der Waals surface area contributed by atoms with E-state index in [2.05, 4.69) is 27.4 Å². The zero-order valence-electron chi connectivity index (χ0n) is 5.94. The molecule has 2 unspecified atom stereocenters. The van der Waals surface area contributed by atoms with Gasteiger partial charge >= 0.3 is 0 Å². The first-order valence-corrected chi connectivity index (χ1v) is 3.30. The van der Waals surface area contributed by atoms with Gasteiger partial charge in [0.15, 0.2) is 0 Å². The normalized spacial score (nSPS) is 44.1. The van der Waals surface area contributed by atoms with Crippen LogP contribution in [0, 0.1) is 17.8 Å². The fraction of sp³-hybridized carbons (Fsp3) is 0.750. The number of allylic oxidation sites excluding steroid dienone is 1. The van der Waals surface area contributed by atoms with Gasteiger partial charge in [-0.15, -0.1) is 0 Å². The first-order chi connectivity index (χ1) is 3.64. The highest BCUT2D eigenvalue weighted by Crippen LogP contribution is 2.49. The van der Waals surface area contributed by atoms with Gasteiger partial charge in [-0.1, -0.05) is 26.0 Å². The van der Waals surface area contributed by atoms with Crippen molar-refractivity contribution in [3.05, 3.63) is 12.2 Å². The molecule has 0 aromatic rings. The summed E-state index contributed by atoms with van der Waals surface area (Å²) in [5.74, 6) is 2.66. The van der Waals surface area contributed by atoms with Crippen LogP contribution in [0.25, 0.3) is 0 Å². The standard InChI is InChI=1S/C8H14/c1-5(2)8-6(3)7(8)4/h6-8H,1H2,2-4H3. The van der Waals surface area contributed by atoms with Crippen molar-refractivity contribution >= 4 is 0 Å². The van der Waals surface area contributed by atoms with E-state index in [1.54, 1.807) is 0 Å². The van der Waals surface area contributed by atoms with E-state index >= 15 is 0 Å². The van der Waals surface area contributed by atoms with E-state index in [4.69, 9.17) is 0 Å². The topological polar surface area (TPSA) is 0 Å². The Bertz CT molecular complexity index is 105. The molecule has 0 aromatic heterocycles. The molecular formula is C8H14. The van der Waals surface area contributed by atoms with Gasteiger partial charge in [-0.05, 0) is 24.7 Å². The van der Waals surface area contributed by atoms with Crippen LogP contribution in [0.5, 0.6) is 0 Å². The Labute approximate surface area is 51.6 Å². The molecule has 46 valence electrons. The molecule has 0 radical (unpaired) electrons. The van der Waals surface area contributed by atoms with Gasteiger partial charge in [0.25, 0.3) is 0 Å². The predicted molar refractivity (Wildman–Crippen MR) is 36.6 cm³/mol. The minimum absolute atomic E-state index is 0.843. The summed E-state index contributed by atoms with van der Waals surface area (Å²) >= 11 is 0. The predicted octanol–water partition coefficient (Wildman–Crippen LogP) is 2.46. The van der Waals surface area contributed by atoms with Crippen molar-refractivity contribution in [3.63, 3.8) is 0 Å². The second-order valence-electron chi connectivity index (χ2n) is 3.09. The summed E-state index contributed by atoms with van der Waals surface area (Å²) in [6, 6.07) is 0. The van der Waals surface area contributed by atoms with Gasteiger partial charge in [0.2, 0.25) is 0 Å². The molecule has 1 saturated carbocycles.